The van der Waals surface area contributed by atoms with E-state index in [-0.39, 0.29) is 5.91 Å². The van der Waals surface area contributed by atoms with Gasteiger partial charge in [-0.1, -0.05) is 0 Å². The van der Waals surface area contributed by atoms with Crippen molar-refractivity contribution in [2.45, 2.75) is 0 Å². The van der Waals surface area contributed by atoms with E-state index < -0.39 is 0 Å². The van der Waals surface area contributed by atoms with Gasteiger partial charge in [0, 0.05) is 18.2 Å². The Kier molecular flexibility index (Phi) is 4.86. The summed E-state index contributed by atoms with van der Waals surface area (Å²) in [6.45, 7) is 0. The van der Waals surface area contributed by atoms with Crippen LogP contribution in [0.2, 0.25) is 0 Å². The minimum atomic E-state index is -0.184. The van der Waals surface area contributed by atoms with Crippen LogP contribution in [0, 0.1) is 3.57 Å². The Morgan fingerprint density at radius 1 is 1.11 bits per heavy atom. The number of halogens is 3. The van der Waals surface area contributed by atoms with E-state index in [0.29, 0.717) is 16.9 Å². The number of benzene rings is 2. The summed E-state index contributed by atoms with van der Waals surface area (Å²) in [7, 11) is 0. The van der Waals surface area contributed by atoms with Gasteiger partial charge in [-0.25, -0.2) is 0 Å². The van der Waals surface area contributed by atoms with Crippen molar-refractivity contribution >= 4 is 71.7 Å². The number of rotatable bonds is 2. The highest BCUT2D eigenvalue weighted by atomic mass is 127. The molecule has 0 radical (unpaired) electrons. The molecule has 0 unspecified atom stereocenters. The van der Waals surface area contributed by atoms with Crippen LogP contribution in [0.3, 0.4) is 0 Å². The average Bonchev–Trinajstić information content (AvgIpc) is 2.36. The molecule has 0 aliphatic carbocycles. The molecule has 3 N–H and O–H groups in total. The van der Waals surface area contributed by atoms with Gasteiger partial charge in [0.15, 0.2) is 0 Å². The zero-order chi connectivity index (χ0) is 14.0. The van der Waals surface area contributed by atoms with Gasteiger partial charge in [-0.05, 0) is 90.8 Å². The van der Waals surface area contributed by atoms with Crippen molar-refractivity contribution in [3.63, 3.8) is 0 Å². The molecule has 98 valence electrons. The number of amides is 1. The summed E-state index contributed by atoms with van der Waals surface area (Å²) < 4.78 is 2.54. The number of nitrogens with two attached hydrogens (primary N) is 1. The van der Waals surface area contributed by atoms with Crippen molar-refractivity contribution in [2.24, 2.45) is 0 Å². The lowest BCUT2D eigenvalue weighted by molar-refractivity contribution is 0.102. The lowest BCUT2D eigenvalue weighted by Gasteiger charge is -2.09. The second-order valence-corrected chi connectivity index (χ2v) is 6.77. The van der Waals surface area contributed by atoms with Gasteiger partial charge in [0.1, 0.15) is 0 Å². The molecule has 2 aromatic rings. The molecule has 1 amide bonds. The van der Waals surface area contributed by atoms with E-state index in [0.717, 1.165) is 12.5 Å². The van der Waals surface area contributed by atoms with Gasteiger partial charge < -0.3 is 11.1 Å². The maximum absolute atomic E-state index is 12.2. The third-order valence-electron chi connectivity index (χ3n) is 2.41. The number of anilines is 2. The Labute approximate surface area is 141 Å². The zero-order valence-corrected chi connectivity index (χ0v) is 14.9. The van der Waals surface area contributed by atoms with Crippen molar-refractivity contribution < 1.29 is 4.79 Å². The van der Waals surface area contributed by atoms with Crippen molar-refractivity contribution in [1.29, 1.82) is 0 Å². The Hall–Kier alpha value is -0.600. The highest BCUT2D eigenvalue weighted by Gasteiger charge is 2.12. The van der Waals surface area contributed by atoms with Gasteiger partial charge in [-0.15, -0.1) is 0 Å². The maximum Gasteiger partial charge on any atom is 0.256 e. The highest BCUT2D eigenvalue weighted by Crippen LogP contribution is 2.26. The molecule has 2 aromatic carbocycles. The standard InChI is InChI=1S/C13H9Br2IN2O/c14-10-3-1-7(16)5-9(10)13(19)18-12-6-8(17)2-4-11(12)15/h1-6H,17H2,(H,18,19). The summed E-state index contributed by atoms with van der Waals surface area (Å²) in [5, 5.41) is 2.84. The number of nitrogen functional groups attached to an aromatic ring is 1. The normalized spacial score (nSPS) is 10.3. The number of carbonyl (C=O) groups is 1. The molecule has 2 rings (SSSR count). The predicted octanol–water partition coefficient (Wildman–Crippen LogP) is 4.65. The molecular formula is C13H9Br2IN2O. The molecule has 19 heavy (non-hydrogen) atoms. The minimum absolute atomic E-state index is 0.184. The maximum atomic E-state index is 12.2. The van der Waals surface area contributed by atoms with Gasteiger partial charge in [0.2, 0.25) is 0 Å². The van der Waals surface area contributed by atoms with Crippen LogP contribution in [0.15, 0.2) is 45.3 Å². The monoisotopic (exact) mass is 494 g/mol. The third kappa shape index (κ3) is 3.70. The smallest absolute Gasteiger partial charge is 0.256 e. The van der Waals surface area contributed by atoms with Crippen molar-refractivity contribution in [1.82, 2.24) is 0 Å². The lowest BCUT2D eigenvalue weighted by atomic mass is 10.2. The summed E-state index contributed by atoms with van der Waals surface area (Å²) in [6, 6.07) is 10.9. The first-order valence-electron chi connectivity index (χ1n) is 5.29. The van der Waals surface area contributed by atoms with E-state index >= 15 is 0 Å². The number of hydrogen-bond donors (Lipinski definition) is 2. The van der Waals surface area contributed by atoms with Crippen LogP contribution in [0.5, 0.6) is 0 Å². The van der Waals surface area contributed by atoms with E-state index in [9.17, 15) is 4.79 Å². The Bertz CT molecular complexity index is 647. The summed E-state index contributed by atoms with van der Waals surface area (Å²) >= 11 is 8.93. The van der Waals surface area contributed by atoms with Gasteiger partial charge in [-0.2, -0.15) is 0 Å². The van der Waals surface area contributed by atoms with Crippen molar-refractivity contribution in [2.75, 3.05) is 11.1 Å². The lowest BCUT2D eigenvalue weighted by Crippen LogP contribution is -2.13. The highest BCUT2D eigenvalue weighted by molar-refractivity contribution is 14.1. The van der Waals surface area contributed by atoms with E-state index in [1.807, 2.05) is 18.2 Å². The quantitative estimate of drug-likeness (QED) is 0.471. The minimum Gasteiger partial charge on any atom is -0.399 e. The van der Waals surface area contributed by atoms with Crippen LogP contribution < -0.4 is 11.1 Å². The number of hydrogen-bond acceptors (Lipinski definition) is 2. The first-order chi connectivity index (χ1) is 8.97. The van der Waals surface area contributed by atoms with E-state index in [4.69, 9.17) is 5.73 Å². The molecule has 0 aliphatic heterocycles. The number of carbonyl (C=O) groups excluding carboxylic acids is 1. The average molecular weight is 496 g/mol. The number of nitrogens with one attached hydrogen (secondary N) is 1. The fourth-order valence-electron chi connectivity index (χ4n) is 1.50. The Morgan fingerprint density at radius 3 is 2.53 bits per heavy atom. The van der Waals surface area contributed by atoms with Crippen LogP contribution >= 0.6 is 54.5 Å². The molecule has 3 nitrogen and oxygen atoms in total. The molecule has 0 heterocycles. The second-order valence-electron chi connectivity index (χ2n) is 3.82. The van der Waals surface area contributed by atoms with E-state index in [2.05, 4.69) is 59.8 Å². The molecule has 0 spiro atoms. The Balaban J connectivity index is 2.30. The largest absolute Gasteiger partial charge is 0.399 e. The molecule has 0 aliphatic rings. The molecule has 0 atom stereocenters. The SMILES string of the molecule is Nc1ccc(Br)c(NC(=O)c2cc(I)ccc2Br)c1. The van der Waals surface area contributed by atoms with Crippen molar-refractivity contribution in [3.8, 4) is 0 Å². The van der Waals surface area contributed by atoms with Gasteiger partial charge in [-0.3, -0.25) is 4.79 Å². The predicted molar refractivity (Wildman–Crippen MR) is 93.4 cm³/mol. The van der Waals surface area contributed by atoms with E-state index in [1.54, 1.807) is 18.2 Å². The molecule has 6 heteroatoms. The molecule has 0 saturated carbocycles. The summed E-state index contributed by atoms with van der Waals surface area (Å²) in [6.07, 6.45) is 0. The first-order valence-corrected chi connectivity index (χ1v) is 7.95. The third-order valence-corrected chi connectivity index (χ3v) is 4.47. The van der Waals surface area contributed by atoms with Crippen LogP contribution in [0.25, 0.3) is 0 Å². The zero-order valence-electron chi connectivity index (χ0n) is 9.58. The Morgan fingerprint density at radius 2 is 1.79 bits per heavy atom. The molecule has 0 fully saturated rings. The fourth-order valence-corrected chi connectivity index (χ4v) is 2.76. The van der Waals surface area contributed by atoms with Crippen LogP contribution in [0.1, 0.15) is 10.4 Å². The van der Waals surface area contributed by atoms with Gasteiger partial charge >= 0.3 is 0 Å². The van der Waals surface area contributed by atoms with E-state index in [1.165, 1.54) is 0 Å². The van der Waals surface area contributed by atoms with Crippen LogP contribution in [-0.2, 0) is 0 Å². The fraction of sp³-hybridized carbons (Fsp3) is 0. The second kappa shape index (κ2) is 6.23. The summed E-state index contributed by atoms with van der Waals surface area (Å²) in [4.78, 5) is 12.2. The topological polar surface area (TPSA) is 55.1 Å². The van der Waals surface area contributed by atoms with Crippen LogP contribution in [-0.4, -0.2) is 5.91 Å². The summed E-state index contributed by atoms with van der Waals surface area (Å²) in [5.74, 6) is -0.184. The molecule has 0 saturated heterocycles. The molecular weight excluding hydrogens is 487 g/mol. The molecule has 0 aromatic heterocycles. The summed E-state index contributed by atoms with van der Waals surface area (Å²) in [5.41, 5.74) is 7.54. The van der Waals surface area contributed by atoms with Gasteiger partial charge in [0.05, 0.1) is 11.3 Å². The molecule has 0 bridgehead atoms. The van der Waals surface area contributed by atoms with Gasteiger partial charge in [0.25, 0.3) is 5.91 Å². The van der Waals surface area contributed by atoms with Crippen molar-refractivity contribution in [3.05, 3.63) is 54.5 Å². The first kappa shape index (κ1) is 14.8. The van der Waals surface area contributed by atoms with Crippen LogP contribution in [0.4, 0.5) is 11.4 Å².